The van der Waals surface area contributed by atoms with E-state index in [9.17, 15) is 32.8 Å². The molecule has 1 saturated carbocycles. The van der Waals surface area contributed by atoms with Crippen LogP contribution >= 0.6 is 0 Å². The molecule has 1 aromatic rings. The largest absolute Gasteiger partial charge is 0.357 e. The zero-order valence-electron chi connectivity index (χ0n) is 24.0. The quantitative estimate of drug-likeness (QED) is 0.263. The first kappa shape index (κ1) is 32.1. The molecule has 1 saturated heterocycles. The molecule has 10 nitrogen and oxygen atoms in total. The van der Waals surface area contributed by atoms with E-state index in [1.165, 1.54) is 7.05 Å². The third-order valence-corrected chi connectivity index (χ3v) is 7.99. The van der Waals surface area contributed by atoms with Crippen molar-refractivity contribution in [1.29, 1.82) is 0 Å². The minimum atomic E-state index is -2.71. The van der Waals surface area contributed by atoms with E-state index in [1.807, 2.05) is 11.9 Å². The van der Waals surface area contributed by atoms with Crippen LogP contribution in [0.1, 0.15) is 57.6 Å². The van der Waals surface area contributed by atoms with E-state index >= 15 is 0 Å². The summed E-state index contributed by atoms with van der Waals surface area (Å²) in [6.45, 7) is 4.81. The molecule has 5 atom stereocenters. The van der Waals surface area contributed by atoms with E-state index in [1.54, 1.807) is 30.3 Å². The Bertz CT molecular complexity index is 1120. The molecule has 1 heterocycles. The standard InChI is InChI=1S/C29H41F2N5O5/c1-29(2)14-18-16-36(4)24(19(18)15-29)27(40)34-20(10-11-21(30)31)25(38)28(41)33-13-12-22(37)35-23(26(39)32-3)17-8-6-5-7-9-17/h5-9,18-21,23-24H,10-16H2,1-4H3,(H,32,39)(H,33,41)(H,34,40)(H,35,37)/t18-,19-,20?,23?,24?/m0/s1. The van der Waals surface area contributed by atoms with Gasteiger partial charge in [-0.1, -0.05) is 44.2 Å². The normalized spacial score (nSPS) is 22.9. The number of hydrogen-bond donors (Lipinski definition) is 4. The second-order valence-electron chi connectivity index (χ2n) is 11.8. The lowest BCUT2D eigenvalue weighted by Crippen LogP contribution is -2.53. The van der Waals surface area contributed by atoms with Crippen LogP contribution in [0.25, 0.3) is 0 Å². The number of nitrogens with one attached hydrogen (secondary N) is 4. The highest BCUT2D eigenvalue weighted by molar-refractivity contribution is 6.38. The van der Waals surface area contributed by atoms with Crippen LogP contribution in [0.5, 0.6) is 0 Å². The number of halogens is 2. The van der Waals surface area contributed by atoms with Gasteiger partial charge in [0.15, 0.2) is 0 Å². The molecule has 1 aromatic carbocycles. The summed E-state index contributed by atoms with van der Waals surface area (Å²) in [5.74, 6) is -3.13. The molecule has 3 unspecified atom stereocenters. The number of Topliss-reactive ketones (excluding diaryl/α,β-unsaturated/α-hetero) is 1. The number of nitrogens with zero attached hydrogens (tertiary/aromatic N) is 1. The van der Waals surface area contributed by atoms with Crippen molar-refractivity contribution in [2.75, 3.05) is 27.2 Å². The van der Waals surface area contributed by atoms with Crippen LogP contribution in [0.2, 0.25) is 0 Å². The van der Waals surface area contributed by atoms with Crippen molar-refractivity contribution in [2.45, 2.75) is 70.5 Å². The molecule has 0 radical (unpaired) electrons. The number of fused-ring (bicyclic) bond motifs is 1. The maximum atomic E-state index is 13.3. The maximum Gasteiger partial charge on any atom is 0.289 e. The summed E-state index contributed by atoms with van der Waals surface area (Å²) in [7, 11) is 3.27. The number of amides is 4. The molecule has 12 heteroatoms. The van der Waals surface area contributed by atoms with E-state index in [0.717, 1.165) is 19.4 Å². The highest BCUT2D eigenvalue weighted by Crippen LogP contribution is 2.50. The number of likely N-dealkylation sites (N-methyl/N-ethyl adjacent to an activating group) is 2. The fraction of sp³-hybridized carbons (Fsp3) is 0.621. The Balaban J connectivity index is 1.57. The summed E-state index contributed by atoms with van der Waals surface area (Å²) in [5, 5.41) is 10.00. The summed E-state index contributed by atoms with van der Waals surface area (Å²) in [4.78, 5) is 65.6. The molecule has 4 amide bonds. The average molecular weight is 578 g/mol. The highest BCUT2D eigenvalue weighted by Gasteiger charge is 2.51. The van der Waals surface area contributed by atoms with Crippen LogP contribution < -0.4 is 21.3 Å². The number of alkyl halides is 2. The third-order valence-electron chi connectivity index (χ3n) is 7.99. The third kappa shape index (κ3) is 8.54. The lowest BCUT2D eigenvalue weighted by Gasteiger charge is -2.28. The van der Waals surface area contributed by atoms with Gasteiger partial charge in [0.25, 0.3) is 5.91 Å². The van der Waals surface area contributed by atoms with E-state index in [4.69, 9.17) is 0 Å². The Labute approximate surface area is 239 Å². The minimum Gasteiger partial charge on any atom is -0.357 e. The first-order valence-electron chi connectivity index (χ1n) is 14.0. The van der Waals surface area contributed by atoms with Crippen molar-refractivity contribution in [3.8, 4) is 0 Å². The van der Waals surface area contributed by atoms with Gasteiger partial charge in [-0.25, -0.2) is 8.78 Å². The van der Waals surface area contributed by atoms with Gasteiger partial charge in [0.1, 0.15) is 6.04 Å². The molecular formula is C29H41F2N5O5. The number of hydrogen-bond acceptors (Lipinski definition) is 6. The van der Waals surface area contributed by atoms with Crippen molar-refractivity contribution in [3.63, 3.8) is 0 Å². The lowest BCUT2D eigenvalue weighted by atomic mass is 9.88. The molecule has 1 aliphatic carbocycles. The van der Waals surface area contributed by atoms with Crippen LogP contribution in [0.15, 0.2) is 30.3 Å². The molecule has 0 bridgehead atoms. The molecule has 2 fully saturated rings. The predicted octanol–water partition coefficient (Wildman–Crippen LogP) is 1.56. The first-order valence-corrected chi connectivity index (χ1v) is 14.0. The minimum absolute atomic E-state index is 0.0858. The second-order valence-corrected chi connectivity index (χ2v) is 11.8. The van der Waals surface area contributed by atoms with Crippen molar-refractivity contribution >= 4 is 29.4 Å². The van der Waals surface area contributed by atoms with E-state index in [0.29, 0.717) is 11.5 Å². The summed E-state index contributed by atoms with van der Waals surface area (Å²) in [5.41, 5.74) is 0.658. The van der Waals surface area contributed by atoms with Gasteiger partial charge < -0.3 is 21.3 Å². The number of carbonyl (C=O) groups excluding carboxylic acids is 5. The van der Waals surface area contributed by atoms with E-state index in [-0.39, 0.29) is 24.3 Å². The first-order chi connectivity index (χ1) is 19.3. The molecule has 41 heavy (non-hydrogen) atoms. The van der Waals surface area contributed by atoms with Crippen molar-refractivity contribution < 1.29 is 32.8 Å². The molecule has 3 rings (SSSR count). The average Bonchev–Trinajstić information content (AvgIpc) is 3.37. The highest BCUT2D eigenvalue weighted by atomic mass is 19.3. The van der Waals surface area contributed by atoms with Gasteiger partial charge >= 0.3 is 0 Å². The predicted molar refractivity (Wildman–Crippen MR) is 148 cm³/mol. The molecule has 0 spiro atoms. The number of ketones is 1. The maximum absolute atomic E-state index is 13.3. The van der Waals surface area contributed by atoms with Gasteiger partial charge in [0.2, 0.25) is 29.9 Å². The molecule has 4 N–H and O–H groups in total. The Morgan fingerprint density at radius 1 is 1.02 bits per heavy atom. The monoisotopic (exact) mass is 577 g/mol. The smallest absolute Gasteiger partial charge is 0.289 e. The molecule has 2 aliphatic rings. The van der Waals surface area contributed by atoms with Crippen LogP contribution in [0.3, 0.4) is 0 Å². The van der Waals surface area contributed by atoms with Crippen LogP contribution in [-0.4, -0.2) is 80.0 Å². The molecular weight excluding hydrogens is 536 g/mol. The molecule has 1 aliphatic heterocycles. The van der Waals surface area contributed by atoms with E-state index < -0.39 is 66.8 Å². The van der Waals surface area contributed by atoms with Crippen molar-refractivity contribution in [1.82, 2.24) is 26.2 Å². The Morgan fingerprint density at radius 3 is 2.34 bits per heavy atom. The number of benzene rings is 1. The zero-order valence-corrected chi connectivity index (χ0v) is 24.0. The second kappa shape index (κ2) is 14.0. The van der Waals surface area contributed by atoms with Crippen LogP contribution in [-0.2, 0) is 24.0 Å². The van der Waals surface area contributed by atoms with Gasteiger partial charge in [-0.05, 0) is 49.1 Å². The topological polar surface area (TPSA) is 137 Å². The fourth-order valence-corrected chi connectivity index (χ4v) is 6.20. The lowest BCUT2D eigenvalue weighted by molar-refractivity contribution is -0.141. The summed E-state index contributed by atoms with van der Waals surface area (Å²) in [6.07, 6.45) is -2.18. The summed E-state index contributed by atoms with van der Waals surface area (Å²) in [6, 6.07) is 5.73. The van der Waals surface area contributed by atoms with Crippen LogP contribution in [0.4, 0.5) is 8.78 Å². The van der Waals surface area contributed by atoms with E-state index in [2.05, 4.69) is 35.1 Å². The Kier molecular flexibility index (Phi) is 10.9. The summed E-state index contributed by atoms with van der Waals surface area (Å²) < 4.78 is 26.0. The summed E-state index contributed by atoms with van der Waals surface area (Å²) >= 11 is 0. The van der Waals surface area contributed by atoms with Crippen molar-refractivity contribution in [2.24, 2.45) is 17.3 Å². The zero-order chi connectivity index (χ0) is 30.3. The van der Waals surface area contributed by atoms with Gasteiger partial charge in [-0.3, -0.25) is 28.9 Å². The van der Waals surface area contributed by atoms with Gasteiger partial charge in [0, 0.05) is 33.0 Å². The Hall–Kier alpha value is -3.41. The molecule has 226 valence electrons. The van der Waals surface area contributed by atoms with Crippen LogP contribution in [0, 0.1) is 17.3 Å². The number of carbonyl (C=O) groups is 5. The SMILES string of the molecule is CNC(=O)C(NC(=O)CCNC(=O)C(=O)C(CCC(F)F)NC(=O)C1[C@H]2CC(C)(C)C[C@H]2CN1C)c1ccccc1. The van der Waals surface area contributed by atoms with Crippen molar-refractivity contribution in [3.05, 3.63) is 35.9 Å². The Morgan fingerprint density at radius 2 is 1.71 bits per heavy atom. The van der Waals surface area contributed by atoms with Gasteiger partial charge in [-0.2, -0.15) is 0 Å². The number of likely N-dealkylation sites (tertiary alicyclic amines) is 1. The fourth-order valence-electron chi connectivity index (χ4n) is 6.20. The number of rotatable bonds is 13. The van der Waals surface area contributed by atoms with Gasteiger partial charge in [0.05, 0.1) is 12.1 Å². The molecule has 0 aromatic heterocycles. The van der Waals surface area contributed by atoms with Gasteiger partial charge in [-0.15, -0.1) is 0 Å².